The molecule has 0 aromatic heterocycles. The van der Waals surface area contributed by atoms with Crippen LogP contribution in [0.25, 0.3) is 0 Å². The van der Waals surface area contributed by atoms with Crippen molar-refractivity contribution in [1.29, 1.82) is 0 Å². The highest BCUT2D eigenvalue weighted by Gasteiger charge is 2.14. The molecule has 12 heavy (non-hydrogen) atoms. The third kappa shape index (κ3) is 2.48. The molecular formula is C7H9ClN2O2. The number of nitro groups is 1. The smallest absolute Gasteiger partial charge is 0.264 e. The second-order valence-corrected chi connectivity index (χ2v) is 2.14. The Hall–Kier alpha value is -1.13. The molecule has 0 heterocycles. The van der Waals surface area contributed by atoms with Gasteiger partial charge in [-0.3, -0.25) is 15.8 Å². The summed E-state index contributed by atoms with van der Waals surface area (Å²) in [5, 5.41) is 10.2. The van der Waals surface area contributed by atoms with Gasteiger partial charge in [-0.2, -0.15) is 0 Å². The highest BCUT2D eigenvalue weighted by Crippen LogP contribution is 2.08. The van der Waals surface area contributed by atoms with Crippen molar-refractivity contribution in [1.82, 2.24) is 0 Å². The van der Waals surface area contributed by atoms with Gasteiger partial charge in [0.25, 0.3) is 6.17 Å². The first-order valence-corrected chi connectivity index (χ1v) is 3.16. The number of nitrogens with two attached hydrogens (primary N) is 1. The molecule has 0 fully saturated rings. The largest absolute Gasteiger partial charge is 0.289 e. The summed E-state index contributed by atoms with van der Waals surface area (Å²) in [5.41, 5.74) is 5.76. The fourth-order valence-electron chi connectivity index (χ4n) is 0.772. The molecule has 0 aliphatic carbocycles. The van der Waals surface area contributed by atoms with Crippen LogP contribution in [0.15, 0.2) is 30.3 Å². The summed E-state index contributed by atoms with van der Waals surface area (Å²) in [6.45, 7) is 0. The van der Waals surface area contributed by atoms with E-state index in [2.05, 4.69) is 0 Å². The summed E-state index contributed by atoms with van der Waals surface area (Å²) >= 11 is 0. The molecule has 0 amide bonds. The monoisotopic (exact) mass is 188 g/mol. The van der Waals surface area contributed by atoms with Gasteiger partial charge >= 0.3 is 0 Å². The number of hydrogen-bond acceptors (Lipinski definition) is 3. The van der Waals surface area contributed by atoms with E-state index in [-0.39, 0.29) is 12.4 Å². The third-order valence-corrected chi connectivity index (χ3v) is 1.37. The number of hydrogen-bond donors (Lipinski definition) is 1. The molecular weight excluding hydrogens is 180 g/mol. The van der Waals surface area contributed by atoms with E-state index >= 15 is 0 Å². The van der Waals surface area contributed by atoms with Gasteiger partial charge in [0.1, 0.15) is 0 Å². The van der Waals surface area contributed by atoms with Crippen LogP contribution in [0.1, 0.15) is 11.7 Å². The number of nitrogens with zero attached hydrogens (tertiary/aromatic N) is 1. The molecule has 1 aromatic carbocycles. The van der Waals surface area contributed by atoms with Gasteiger partial charge in [0.15, 0.2) is 0 Å². The predicted octanol–water partition coefficient (Wildman–Crippen LogP) is 1.34. The first-order chi connectivity index (χ1) is 5.22. The van der Waals surface area contributed by atoms with Crippen molar-refractivity contribution < 1.29 is 4.92 Å². The van der Waals surface area contributed by atoms with Crippen LogP contribution in [0.3, 0.4) is 0 Å². The number of benzene rings is 1. The number of halogens is 1. The van der Waals surface area contributed by atoms with Crippen molar-refractivity contribution in [2.75, 3.05) is 0 Å². The molecule has 5 heteroatoms. The van der Waals surface area contributed by atoms with Crippen LogP contribution >= 0.6 is 12.4 Å². The molecule has 2 N–H and O–H groups in total. The molecule has 0 saturated carbocycles. The van der Waals surface area contributed by atoms with Crippen LogP contribution in [-0.4, -0.2) is 4.92 Å². The van der Waals surface area contributed by atoms with Gasteiger partial charge in [-0.05, 0) is 0 Å². The van der Waals surface area contributed by atoms with Crippen LogP contribution in [0.2, 0.25) is 0 Å². The van der Waals surface area contributed by atoms with E-state index in [0.717, 1.165) is 0 Å². The minimum absolute atomic E-state index is 0. The second-order valence-electron chi connectivity index (χ2n) is 2.14. The first-order valence-electron chi connectivity index (χ1n) is 3.16. The Morgan fingerprint density at radius 3 is 2.25 bits per heavy atom. The molecule has 0 aliphatic heterocycles. The van der Waals surface area contributed by atoms with Gasteiger partial charge in [-0.25, -0.2) is 0 Å². The van der Waals surface area contributed by atoms with Gasteiger partial charge in [0.05, 0.1) is 0 Å². The Morgan fingerprint density at radius 1 is 1.33 bits per heavy atom. The van der Waals surface area contributed by atoms with E-state index in [9.17, 15) is 10.1 Å². The lowest BCUT2D eigenvalue weighted by Gasteiger charge is -2.01. The van der Waals surface area contributed by atoms with E-state index in [1.165, 1.54) is 0 Å². The van der Waals surface area contributed by atoms with Gasteiger partial charge in [0, 0.05) is 10.5 Å². The van der Waals surface area contributed by atoms with Crippen molar-refractivity contribution in [3.8, 4) is 0 Å². The molecule has 0 saturated heterocycles. The summed E-state index contributed by atoms with van der Waals surface area (Å²) in [7, 11) is 0. The fraction of sp³-hybridized carbons (Fsp3) is 0.143. The van der Waals surface area contributed by atoms with Crippen molar-refractivity contribution in [2.24, 2.45) is 5.73 Å². The summed E-state index contributed by atoms with van der Waals surface area (Å²) < 4.78 is 0. The molecule has 1 aromatic rings. The normalized spacial score (nSPS) is 11.4. The molecule has 1 unspecified atom stereocenters. The maximum absolute atomic E-state index is 10.2. The third-order valence-electron chi connectivity index (χ3n) is 1.37. The van der Waals surface area contributed by atoms with E-state index in [0.29, 0.717) is 5.56 Å². The Bertz CT molecular complexity index is 253. The molecule has 0 spiro atoms. The minimum atomic E-state index is -1.10. The lowest BCUT2D eigenvalue weighted by Crippen LogP contribution is -2.19. The molecule has 1 atom stereocenters. The maximum atomic E-state index is 10.2. The summed E-state index contributed by atoms with van der Waals surface area (Å²) in [6, 6.07) is 8.49. The standard InChI is InChI=1S/C7H8N2O2.ClH/c8-7(9(10)11)6-4-2-1-3-5-6;/h1-5,7H,8H2;1H. The summed E-state index contributed by atoms with van der Waals surface area (Å²) in [4.78, 5) is 9.66. The predicted molar refractivity (Wildman–Crippen MR) is 47.6 cm³/mol. The van der Waals surface area contributed by atoms with Crippen LogP contribution in [0.5, 0.6) is 0 Å². The van der Waals surface area contributed by atoms with E-state index in [1.54, 1.807) is 30.3 Å². The van der Waals surface area contributed by atoms with Gasteiger partial charge < -0.3 is 0 Å². The average Bonchev–Trinajstić information content (AvgIpc) is 2.05. The van der Waals surface area contributed by atoms with E-state index < -0.39 is 11.1 Å². The lowest BCUT2D eigenvalue weighted by atomic mass is 10.2. The lowest BCUT2D eigenvalue weighted by molar-refractivity contribution is -0.527. The number of rotatable bonds is 2. The van der Waals surface area contributed by atoms with Crippen LogP contribution in [0, 0.1) is 10.1 Å². The highest BCUT2D eigenvalue weighted by atomic mass is 35.5. The maximum Gasteiger partial charge on any atom is 0.289 e. The van der Waals surface area contributed by atoms with Gasteiger partial charge in [-0.15, -0.1) is 12.4 Å². The Balaban J connectivity index is 0.00000121. The zero-order valence-corrected chi connectivity index (χ0v) is 7.03. The Morgan fingerprint density at radius 2 is 1.83 bits per heavy atom. The van der Waals surface area contributed by atoms with Crippen LogP contribution in [-0.2, 0) is 0 Å². The molecule has 0 radical (unpaired) electrons. The minimum Gasteiger partial charge on any atom is -0.264 e. The second kappa shape index (κ2) is 4.69. The highest BCUT2D eigenvalue weighted by molar-refractivity contribution is 5.85. The molecule has 4 nitrogen and oxygen atoms in total. The zero-order valence-electron chi connectivity index (χ0n) is 6.21. The van der Waals surface area contributed by atoms with Crippen molar-refractivity contribution in [3.63, 3.8) is 0 Å². The molecule has 0 bridgehead atoms. The molecule has 0 aliphatic rings. The zero-order chi connectivity index (χ0) is 8.27. The fourth-order valence-corrected chi connectivity index (χ4v) is 0.772. The van der Waals surface area contributed by atoms with E-state index in [4.69, 9.17) is 5.73 Å². The average molecular weight is 189 g/mol. The van der Waals surface area contributed by atoms with Crippen LogP contribution < -0.4 is 5.73 Å². The van der Waals surface area contributed by atoms with Gasteiger partial charge in [-0.1, -0.05) is 30.3 Å². The quantitative estimate of drug-likeness (QED) is 0.433. The topological polar surface area (TPSA) is 69.2 Å². The van der Waals surface area contributed by atoms with Crippen molar-refractivity contribution >= 4 is 12.4 Å². The Labute approximate surface area is 75.9 Å². The molecule has 1 rings (SSSR count). The first kappa shape index (κ1) is 10.9. The van der Waals surface area contributed by atoms with Gasteiger partial charge in [0.2, 0.25) is 0 Å². The molecule has 66 valence electrons. The van der Waals surface area contributed by atoms with Crippen LogP contribution in [0.4, 0.5) is 0 Å². The summed E-state index contributed by atoms with van der Waals surface area (Å²) in [5.74, 6) is 0. The SMILES string of the molecule is Cl.NC(c1ccccc1)[N+](=O)[O-]. The van der Waals surface area contributed by atoms with E-state index in [1.807, 2.05) is 0 Å². The Kier molecular flexibility index (Phi) is 4.25. The van der Waals surface area contributed by atoms with Crippen molar-refractivity contribution in [2.45, 2.75) is 6.17 Å². The summed E-state index contributed by atoms with van der Waals surface area (Å²) in [6.07, 6.45) is -1.10. The van der Waals surface area contributed by atoms with Crippen molar-refractivity contribution in [3.05, 3.63) is 46.0 Å².